The molecule has 1 heterocycles. The van der Waals surface area contributed by atoms with Crippen LogP contribution < -0.4 is 15.4 Å². The van der Waals surface area contributed by atoms with Crippen molar-refractivity contribution in [1.29, 1.82) is 0 Å². The lowest BCUT2D eigenvalue weighted by Crippen LogP contribution is -2.32. The Bertz CT molecular complexity index is 1480. The third-order valence-electron chi connectivity index (χ3n) is 7.25. The standard InChI is InChI=1S/C29H30F4N2O5S/c1-2-41(38,39)24-10-3-18(4-11-24)27(17-36)26-14-20(7-12-25(26)28(34)37)35-16-23(13-21(35)15-30)40-22-8-5-19(6-9-22)29(31,32)33/h3-12,14,21,23,27,36H,2,13,15-17H2,1H3,(H2,34,37)/t21-,23+,27+/m0/s1. The zero-order valence-electron chi connectivity index (χ0n) is 22.1. The second kappa shape index (κ2) is 12.1. The summed E-state index contributed by atoms with van der Waals surface area (Å²) in [6.07, 6.45) is -4.73. The van der Waals surface area contributed by atoms with Crippen LogP contribution in [0.15, 0.2) is 71.6 Å². The molecule has 1 amide bonds. The van der Waals surface area contributed by atoms with Crippen molar-refractivity contribution in [2.45, 2.75) is 42.5 Å². The summed E-state index contributed by atoms with van der Waals surface area (Å²) in [5.74, 6) is -1.32. The number of sulfone groups is 1. The Hall–Kier alpha value is -3.64. The van der Waals surface area contributed by atoms with Gasteiger partial charge >= 0.3 is 6.18 Å². The molecule has 0 unspecified atom stereocenters. The number of hydrogen-bond acceptors (Lipinski definition) is 6. The van der Waals surface area contributed by atoms with E-state index >= 15 is 0 Å². The minimum Gasteiger partial charge on any atom is -0.489 e. The molecule has 3 aromatic rings. The van der Waals surface area contributed by atoms with Crippen molar-refractivity contribution in [2.75, 3.05) is 30.5 Å². The van der Waals surface area contributed by atoms with Crippen LogP contribution in [0, 0.1) is 0 Å². The van der Waals surface area contributed by atoms with Crippen LogP contribution in [0.4, 0.5) is 23.2 Å². The minimum absolute atomic E-state index is 0.0706. The molecule has 3 N–H and O–H groups in total. The van der Waals surface area contributed by atoms with Crippen molar-refractivity contribution in [3.8, 4) is 5.75 Å². The van der Waals surface area contributed by atoms with Gasteiger partial charge in [-0.05, 0) is 65.7 Å². The van der Waals surface area contributed by atoms with Crippen LogP contribution in [0.1, 0.15) is 46.3 Å². The number of ether oxygens (including phenoxy) is 1. The Morgan fingerprint density at radius 1 is 1.10 bits per heavy atom. The van der Waals surface area contributed by atoms with E-state index in [4.69, 9.17) is 10.5 Å². The highest BCUT2D eigenvalue weighted by molar-refractivity contribution is 7.91. The van der Waals surface area contributed by atoms with E-state index in [1.165, 1.54) is 37.3 Å². The molecule has 12 heteroatoms. The maximum absolute atomic E-state index is 14.1. The van der Waals surface area contributed by atoms with Crippen molar-refractivity contribution in [3.63, 3.8) is 0 Å². The lowest BCUT2D eigenvalue weighted by molar-refractivity contribution is -0.137. The topological polar surface area (TPSA) is 110 Å². The number of aliphatic hydroxyl groups excluding tert-OH is 1. The smallest absolute Gasteiger partial charge is 0.416 e. The van der Waals surface area contributed by atoms with Crippen LogP contribution in [0.5, 0.6) is 5.75 Å². The van der Waals surface area contributed by atoms with Crippen LogP contribution >= 0.6 is 0 Å². The second-order valence-corrected chi connectivity index (χ2v) is 12.1. The third kappa shape index (κ3) is 6.65. The fourth-order valence-electron chi connectivity index (χ4n) is 5.04. The first-order valence-electron chi connectivity index (χ1n) is 12.9. The van der Waals surface area contributed by atoms with Gasteiger partial charge in [0.1, 0.15) is 18.5 Å². The molecular formula is C29H30F4N2O5S. The first kappa shape index (κ1) is 30.3. The predicted molar refractivity (Wildman–Crippen MR) is 146 cm³/mol. The highest BCUT2D eigenvalue weighted by Gasteiger charge is 2.35. The third-order valence-corrected chi connectivity index (χ3v) is 9.00. The Morgan fingerprint density at radius 2 is 1.76 bits per heavy atom. The number of carbonyl (C=O) groups is 1. The molecule has 0 aliphatic carbocycles. The summed E-state index contributed by atoms with van der Waals surface area (Å²) in [5.41, 5.74) is 6.43. The van der Waals surface area contributed by atoms with Crippen molar-refractivity contribution in [1.82, 2.24) is 0 Å². The van der Waals surface area contributed by atoms with Gasteiger partial charge in [0, 0.05) is 23.6 Å². The van der Waals surface area contributed by atoms with E-state index in [2.05, 4.69) is 0 Å². The number of amides is 1. The molecule has 0 saturated carbocycles. The molecule has 41 heavy (non-hydrogen) atoms. The van der Waals surface area contributed by atoms with Gasteiger partial charge in [0.25, 0.3) is 0 Å². The maximum atomic E-state index is 14.1. The maximum Gasteiger partial charge on any atom is 0.416 e. The van der Waals surface area contributed by atoms with E-state index in [9.17, 15) is 35.9 Å². The largest absolute Gasteiger partial charge is 0.489 e. The summed E-state index contributed by atoms with van der Waals surface area (Å²) in [6, 6.07) is 14.4. The number of nitrogens with zero attached hydrogens (tertiary/aromatic N) is 1. The number of alkyl halides is 4. The molecule has 0 aromatic heterocycles. The highest BCUT2D eigenvalue weighted by Crippen LogP contribution is 2.35. The van der Waals surface area contributed by atoms with E-state index in [1.54, 1.807) is 29.2 Å². The molecule has 0 radical (unpaired) electrons. The molecule has 3 atom stereocenters. The minimum atomic E-state index is -4.47. The second-order valence-electron chi connectivity index (χ2n) is 9.80. The van der Waals surface area contributed by atoms with Gasteiger partial charge in [-0.2, -0.15) is 13.2 Å². The van der Waals surface area contributed by atoms with Crippen molar-refractivity contribution in [2.24, 2.45) is 5.73 Å². The van der Waals surface area contributed by atoms with Gasteiger partial charge in [0.05, 0.1) is 35.4 Å². The molecule has 1 aliphatic rings. The summed E-state index contributed by atoms with van der Waals surface area (Å²) in [5, 5.41) is 10.3. The van der Waals surface area contributed by atoms with Crippen LogP contribution in [0.25, 0.3) is 0 Å². The van der Waals surface area contributed by atoms with Crippen LogP contribution in [-0.2, 0) is 16.0 Å². The fraction of sp³-hybridized carbons (Fsp3) is 0.345. The summed E-state index contributed by atoms with van der Waals surface area (Å²) in [6.45, 7) is 0.608. The van der Waals surface area contributed by atoms with E-state index in [1.807, 2.05) is 0 Å². The molecule has 1 saturated heterocycles. The molecule has 3 aromatic carbocycles. The number of carbonyl (C=O) groups excluding carboxylic acids is 1. The number of halogens is 4. The highest BCUT2D eigenvalue weighted by atomic mass is 32.2. The van der Waals surface area contributed by atoms with Gasteiger partial charge in [0.15, 0.2) is 9.84 Å². The summed E-state index contributed by atoms with van der Waals surface area (Å²) >= 11 is 0. The number of primary amides is 1. The van der Waals surface area contributed by atoms with Gasteiger partial charge in [-0.3, -0.25) is 4.79 Å². The van der Waals surface area contributed by atoms with Crippen molar-refractivity contribution >= 4 is 21.4 Å². The van der Waals surface area contributed by atoms with Gasteiger partial charge in [0.2, 0.25) is 5.91 Å². The molecule has 220 valence electrons. The van der Waals surface area contributed by atoms with Crippen LogP contribution in [-0.4, -0.2) is 57.2 Å². The SMILES string of the molecule is CCS(=O)(=O)c1ccc([C@@H](CO)c2cc(N3C[C@H](Oc4ccc(C(F)(F)F)cc4)C[C@H]3CF)ccc2C(N)=O)cc1. The zero-order chi connectivity index (χ0) is 29.9. The van der Waals surface area contributed by atoms with E-state index < -0.39 is 58.8 Å². The quantitative estimate of drug-likeness (QED) is 0.329. The van der Waals surface area contributed by atoms with Gasteiger partial charge in [-0.15, -0.1) is 0 Å². The number of nitrogens with two attached hydrogens (primary N) is 1. The Morgan fingerprint density at radius 3 is 2.29 bits per heavy atom. The molecule has 0 spiro atoms. The number of benzene rings is 3. The van der Waals surface area contributed by atoms with Crippen LogP contribution in [0.3, 0.4) is 0 Å². The number of anilines is 1. The average molecular weight is 595 g/mol. The fourth-order valence-corrected chi connectivity index (χ4v) is 5.92. The number of aliphatic hydroxyl groups is 1. The van der Waals surface area contributed by atoms with Gasteiger partial charge in [-0.25, -0.2) is 12.8 Å². The molecule has 7 nitrogen and oxygen atoms in total. The number of rotatable bonds is 10. The normalized spacial score (nSPS) is 18.3. The monoisotopic (exact) mass is 594 g/mol. The molecule has 4 rings (SSSR count). The number of hydrogen-bond donors (Lipinski definition) is 2. The van der Waals surface area contributed by atoms with Crippen molar-refractivity contribution < 1.29 is 40.6 Å². The summed E-state index contributed by atoms with van der Waals surface area (Å²) in [7, 11) is -3.44. The summed E-state index contributed by atoms with van der Waals surface area (Å²) < 4.78 is 83.0. The Kier molecular flexibility index (Phi) is 8.93. The van der Waals surface area contributed by atoms with Gasteiger partial charge in [-0.1, -0.05) is 19.1 Å². The Balaban J connectivity index is 1.62. The Labute approximate surface area is 235 Å². The lowest BCUT2D eigenvalue weighted by atomic mass is 9.88. The first-order valence-corrected chi connectivity index (χ1v) is 14.6. The average Bonchev–Trinajstić information content (AvgIpc) is 3.36. The summed E-state index contributed by atoms with van der Waals surface area (Å²) in [4.78, 5) is 14.2. The molecular weight excluding hydrogens is 564 g/mol. The molecule has 1 fully saturated rings. The van der Waals surface area contributed by atoms with Gasteiger partial charge < -0.3 is 20.5 Å². The molecule has 1 aliphatic heterocycles. The first-order chi connectivity index (χ1) is 19.4. The van der Waals surface area contributed by atoms with E-state index in [0.717, 1.165) is 12.1 Å². The zero-order valence-corrected chi connectivity index (χ0v) is 23.0. The molecule has 0 bridgehead atoms. The van der Waals surface area contributed by atoms with E-state index in [0.29, 0.717) is 16.8 Å². The predicted octanol–water partition coefficient (Wildman–Crippen LogP) is 4.72. The van der Waals surface area contributed by atoms with Crippen molar-refractivity contribution in [3.05, 3.63) is 89.0 Å². The lowest BCUT2D eigenvalue weighted by Gasteiger charge is -2.27. The van der Waals surface area contributed by atoms with E-state index in [-0.39, 0.29) is 34.9 Å². The van der Waals surface area contributed by atoms with Crippen LogP contribution in [0.2, 0.25) is 0 Å².